The quantitative estimate of drug-likeness (QED) is 0.733. The van der Waals surface area contributed by atoms with Gasteiger partial charge in [0.1, 0.15) is 5.69 Å². The number of nitrogens with one attached hydrogen (secondary N) is 1. The van der Waals surface area contributed by atoms with E-state index in [9.17, 15) is 13.9 Å². The summed E-state index contributed by atoms with van der Waals surface area (Å²) in [5.74, 6) is -2.89. The zero-order valence-electron chi connectivity index (χ0n) is 10.3. The zero-order chi connectivity index (χ0) is 12.9. The zero-order valence-corrected chi connectivity index (χ0v) is 10.3. The molecular weight excluding hydrogens is 240 g/mol. The number of rotatable bonds is 0. The van der Waals surface area contributed by atoms with Crippen LogP contribution in [0.15, 0.2) is 0 Å². The molecular formula is C12H17F2N3O. The summed E-state index contributed by atoms with van der Waals surface area (Å²) < 4.78 is 29.6. The van der Waals surface area contributed by atoms with Gasteiger partial charge in [-0.1, -0.05) is 0 Å². The second-order valence-corrected chi connectivity index (χ2v) is 5.34. The monoisotopic (exact) mass is 257 g/mol. The van der Waals surface area contributed by atoms with Crippen molar-refractivity contribution in [2.75, 3.05) is 0 Å². The van der Waals surface area contributed by atoms with Crippen molar-refractivity contribution in [2.24, 2.45) is 0 Å². The highest BCUT2D eigenvalue weighted by atomic mass is 19.3. The van der Waals surface area contributed by atoms with Crippen LogP contribution in [0.3, 0.4) is 0 Å². The molecule has 0 saturated carbocycles. The molecule has 0 amide bonds. The Kier molecular flexibility index (Phi) is 2.67. The van der Waals surface area contributed by atoms with Crippen LogP contribution in [0.25, 0.3) is 0 Å². The van der Waals surface area contributed by atoms with E-state index in [1.165, 1.54) is 4.68 Å². The van der Waals surface area contributed by atoms with Gasteiger partial charge < -0.3 is 10.4 Å². The van der Waals surface area contributed by atoms with Crippen LogP contribution >= 0.6 is 0 Å². The van der Waals surface area contributed by atoms with Crippen molar-refractivity contribution < 1.29 is 13.9 Å². The third-order valence-corrected chi connectivity index (χ3v) is 3.78. The fourth-order valence-electron chi connectivity index (χ4n) is 2.84. The van der Waals surface area contributed by atoms with E-state index in [4.69, 9.17) is 0 Å². The summed E-state index contributed by atoms with van der Waals surface area (Å²) in [6.07, 6.45) is -0.248. The highest BCUT2D eigenvalue weighted by Crippen LogP contribution is 2.39. The predicted octanol–water partition coefficient (Wildman–Crippen LogP) is 1.16. The molecule has 18 heavy (non-hydrogen) atoms. The van der Waals surface area contributed by atoms with Crippen molar-refractivity contribution >= 4 is 0 Å². The third-order valence-electron chi connectivity index (χ3n) is 3.78. The number of aliphatic hydroxyl groups is 1. The van der Waals surface area contributed by atoms with E-state index in [0.717, 1.165) is 5.69 Å². The predicted molar refractivity (Wildman–Crippen MR) is 61.4 cm³/mol. The SMILES string of the molecule is C[C@@H]1Cc2nn3c(c2CN1)C(F)(F)CC[C@@H](O)C3. The van der Waals surface area contributed by atoms with Crippen molar-refractivity contribution in [3.63, 3.8) is 0 Å². The van der Waals surface area contributed by atoms with Gasteiger partial charge >= 0.3 is 0 Å². The van der Waals surface area contributed by atoms with Crippen molar-refractivity contribution in [1.82, 2.24) is 15.1 Å². The maximum absolute atomic E-state index is 14.1. The molecule has 3 heterocycles. The molecule has 0 aliphatic carbocycles. The first kappa shape index (κ1) is 12.0. The van der Waals surface area contributed by atoms with Gasteiger partial charge in [0.15, 0.2) is 0 Å². The lowest BCUT2D eigenvalue weighted by Crippen LogP contribution is -2.33. The first-order chi connectivity index (χ1) is 8.47. The average molecular weight is 257 g/mol. The standard InChI is InChI=1S/C12H17F2N3O/c1-7-4-10-9(5-15-7)11-12(13,14)3-2-8(18)6-17(11)16-10/h7-8,15,18H,2-6H2,1H3/t7-,8-/m1/s1. The molecule has 0 aromatic carbocycles. The van der Waals surface area contributed by atoms with Crippen LogP contribution in [-0.4, -0.2) is 27.0 Å². The molecule has 100 valence electrons. The largest absolute Gasteiger partial charge is 0.391 e. The summed E-state index contributed by atoms with van der Waals surface area (Å²) in [5, 5.41) is 17.2. The van der Waals surface area contributed by atoms with E-state index in [2.05, 4.69) is 10.4 Å². The number of aromatic nitrogens is 2. The molecule has 6 heteroatoms. The van der Waals surface area contributed by atoms with Crippen molar-refractivity contribution in [3.05, 3.63) is 17.0 Å². The summed E-state index contributed by atoms with van der Waals surface area (Å²) in [6, 6.07) is 0.259. The van der Waals surface area contributed by atoms with Gasteiger partial charge in [-0.2, -0.15) is 13.9 Å². The maximum atomic E-state index is 14.1. The molecule has 0 bridgehead atoms. The Bertz CT molecular complexity index is 472. The fraction of sp³-hybridized carbons (Fsp3) is 0.750. The lowest BCUT2D eigenvalue weighted by atomic mass is 9.98. The van der Waals surface area contributed by atoms with E-state index < -0.39 is 12.0 Å². The Morgan fingerprint density at radius 3 is 3.06 bits per heavy atom. The molecule has 0 unspecified atom stereocenters. The maximum Gasteiger partial charge on any atom is 0.289 e. The number of nitrogens with zero attached hydrogens (tertiary/aromatic N) is 2. The summed E-state index contributed by atoms with van der Waals surface area (Å²) in [5.41, 5.74) is 1.39. The smallest absolute Gasteiger partial charge is 0.289 e. The van der Waals surface area contributed by atoms with Gasteiger partial charge in [-0.05, 0) is 13.3 Å². The fourth-order valence-corrected chi connectivity index (χ4v) is 2.84. The van der Waals surface area contributed by atoms with Gasteiger partial charge in [0.2, 0.25) is 0 Å². The van der Waals surface area contributed by atoms with E-state index in [0.29, 0.717) is 18.5 Å². The summed E-state index contributed by atoms with van der Waals surface area (Å²) in [4.78, 5) is 0. The highest BCUT2D eigenvalue weighted by molar-refractivity contribution is 5.32. The first-order valence-electron chi connectivity index (χ1n) is 6.35. The molecule has 1 aromatic rings. The Balaban J connectivity index is 2.10. The van der Waals surface area contributed by atoms with Gasteiger partial charge in [0.25, 0.3) is 5.92 Å². The summed E-state index contributed by atoms with van der Waals surface area (Å²) in [6.45, 7) is 2.63. The van der Waals surface area contributed by atoms with Crippen LogP contribution in [0.2, 0.25) is 0 Å². The average Bonchev–Trinajstić information content (AvgIpc) is 2.59. The molecule has 4 nitrogen and oxygen atoms in total. The topological polar surface area (TPSA) is 50.1 Å². The summed E-state index contributed by atoms with van der Waals surface area (Å²) in [7, 11) is 0. The summed E-state index contributed by atoms with van der Waals surface area (Å²) >= 11 is 0. The van der Waals surface area contributed by atoms with E-state index in [-0.39, 0.29) is 31.1 Å². The highest BCUT2D eigenvalue weighted by Gasteiger charge is 2.42. The Labute approximate surface area is 104 Å². The Hall–Kier alpha value is -1.01. The van der Waals surface area contributed by atoms with Crippen LogP contribution in [0.5, 0.6) is 0 Å². The molecule has 2 atom stereocenters. The number of aliphatic hydroxyl groups excluding tert-OH is 1. The minimum Gasteiger partial charge on any atom is -0.391 e. The van der Waals surface area contributed by atoms with Crippen LogP contribution in [0.4, 0.5) is 8.78 Å². The van der Waals surface area contributed by atoms with Crippen LogP contribution in [-0.2, 0) is 25.4 Å². The van der Waals surface area contributed by atoms with Crippen molar-refractivity contribution in [1.29, 1.82) is 0 Å². The van der Waals surface area contributed by atoms with Gasteiger partial charge in [0, 0.05) is 31.0 Å². The molecule has 0 fully saturated rings. The number of hydrogen-bond acceptors (Lipinski definition) is 3. The van der Waals surface area contributed by atoms with Crippen LogP contribution in [0, 0.1) is 0 Å². The van der Waals surface area contributed by atoms with Gasteiger partial charge in [-0.25, -0.2) is 0 Å². The molecule has 0 radical (unpaired) electrons. The lowest BCUT2D eigenvalue weighted by Gasteiger charge is -2.22. The minimum atomic E-state index is -2.89. The minimum absolute atomic E-state index is 0.00782. The Morgan fingerprint density at radius 1 is 1.50 bits per heavy atom. The first-order valence-corrected chi connectivity index (χ1v) is 6.35. The van der Waals surface area contributed by atoms with Gasteiger partial charge in [-0.3, -0.25) is 4.68 Å². The number of halogens is 2. The molecule has 2 aliphatic rings. The number of fused-ring (bicyclic) bond motifs is 3. The molecule has 3 rings (SSSR count). The molecule has 1 aromatic heterocycles. The second-order valence-electron chi connectivity index (χ2n) is 5.34. The van der Waals surface area contributed by atoms with E-state index in [1.54, 1.807) is 0 Å². The number of hydrogen-bond donors (Lipinski definition) is 2. The van der Waals surface area contributed by atoms with Crippen LogP contribution in [0.1, 0.15) is 36.7 Å². The van der Waals surface area contributed by atoms with E-state index >= 15 is 0 Å². The van der Waals surface area contributed by atoms with Crippen LogP contribution < -0.4 is 5.32 Å². The lowest BCUT2D eigenvalue weighted by molar-refractivity contribution is -0.0245. The second kappa shape index (κ2) is 3.99. The number of alkyl halides is 2. The Morgan fingerprint density at radius 2 is 2.28 bits per heavy atom. The third kappa shape index (κ3) is 1.83. The normalized spacial score (nSPS) is 30.4. The molecule has 2 aliphatic heterocycles. The van der Waals surface area contributed by atoms with Crippen molar-refractivity contribution in [3.8, 4) is 0 Å². The van der Waals surface area contributed by atoms with Gasteiger partial charge in [0.05, 0.1) is 18.3 Å². The van der Waals surface area contributed by atoms with Gasteiger partial charge in [-0.15, -0.1) is 0 Å². The molecule has 2 N–H and O–H groups in total. The van der Waals surface area contributed by atoms with Crippen molar-refractivity contribution in [2.45, 2.75) is 57.3 Å². The van der Waals surface area contributed by atoms with E-state index in [1.807, 2.05) is 6.92 Å². The molecule has 0 saturated heterocycles. The molecule has 0 spiro atoms.